The average Bonchev–Trinajstić information content (AvgIpc) is 2.62. The molecule has 3 heteroatoms. The van der Waals surface area contributed by atoms with Crippen molar-refractivity contribution in [3.63, 3.8) is 0 Å². The largest absolute Gasteiger partial charge is 0.359 e. The van der Waals surface area contributed by atoms with Gasteiger partial charge in [0.1, 0.15) is 5.82 Å². The average molecular weight is 216 g/mol. The summed E-state index contributed by atoms with van der Waals surface area (Å²) < 4.78 is 0. The molecular formula is C13H16N2O. The van der Waals surface area contributed by atoms with Crippen LogP contribution in [0.4, 0.5) is 0 Å². The maximum absolute atomic E-state index is 12.0. The summed E-state index contributed by atoms with van der Waals surface area (Å²) in [6, 6.07) is 9.36. The minimum Gasteiger partial charge on any atom is -0.359 e. The Labute approximate surface area is 96.0 Å². The van der Waals surface area contributed by atoms with Crippen molar-refractivity contribution in [1.82, 2.24) is 9.80 Å². The molecule has 1 fully saturated rings. The normalized spacial score (nSPS) is 15.5. The second kappa shape index (κ2) is 4.39. The summed E-state index contributed by atoms with van der Waals surface area (Å²) in [4.78, 5) is 16.2. The van der Waals surface area contributed by atoms with Crippen molar-refractivity contribution in [3.8, 4) is 0 Å². The van der Waals surface area contributed by atoms with Crippen molar-refractivity contribution in [2.75, 3.05) is 27.2 Å². The van der Waals surface area contributed by atoms with Gasteiger partial charge in [0, 0.05) is 38.8 Å². The van der Waals surface area contributed by atoms with Gasteiger partial charge in [-0.3, -0.25) is 4.79 Å². The first-order valence-electron chi connectivity index (χ1n) is 5.42. The fraction of sp³-hybridized carbons (Fsp3) is 0.308. The first kappa shape index (κ1) is 10.7. The number of carbonyl (C=O) groups excluding carboxylic acids is 1. The highest BCUT2D eigenvalue weighted by Crippen LogP contribution is 2.15. The number of hydrogen-bond donors (Lipinski definition) is 0. The van der Waals surface area contributed by atoms with Gasteiger partial charge in [-0.1, -0.05) is 30.3 Å². The fourth-order valence-electron chi connectivity index (χ4n) is 1.84. The first-order chi connectivity index (χ1) is 7.68. The quantitative estimate of drug-likeness (QED) is 0.554. The van der Waals surface area contributed by atoms with E-state index in [-0.39, 0.29) is 5.78 Å². The van der Waals surface area contributed by atoms with Crippen molar-refractivity contribution in [2.45, 2.75) is 0 Å². The molecule has 1 aliphatic heterocycles. The van der Waals surface area contributed by atoms with Crippen molar-refractivity contribution in [2.24, 2.45) is 0 Å². The van der Waals surface area contributed by atoms with E-state index in [9.17, 15) is 4.79 Å². The summed E-state index contributed by atoms with van der Waals surface area (Å²) in [6.45, 7) is 1.95. The van der Waals surface area contributed by atoms with Crippen LogP contribution in [0, 0.1) is 0 Å². The molecule has 16 heavy (non-hydrogen) atoms. The summed E-state index contributed by atoms with van der Waals surface area (Å²) in [7, 11) is 4.02. The summed E-state index contributed by atoms with van der Waals surface area (Å²) in [5, 5.41) is 0. The summed E-state index contributed by atoms with van der Waals surface area (Å²) in [5.41, 5.74) is 0.740. The standard InChI is InChI=1S/C13H16N2O/c1-14-8-9-15(2)13(14)10-12(16)11-6-4-3-5-7-11/h3-7,10H,8-9H2,1-2H3. The Kier molecular flexibility index (Phi) is 2.95. The van der Waals surface area contributed by atoms with Crippen LogP contribution in [0.3, 0.4) is 0 Å². The van der Waals surface area contributed by atoms with E-state index in [1.165, 1.54) is 0 Å². The lowest BCUT2D eigenvalue weighted by Gasteiger charge is -2.17. The Morgan fingerprint density at radius 2 is 1.69 bits per heavy atom. The maximum Gasteiger partial charge on any atom is 0.189 e. The third-order valence-electron chi connectivity index (χ3n) is 2.87. The lowest BCUT2D eigenvalue weighted by molar-refractivity contribution is 0.104. The van der Waals surface area contributed by atoms with Gasteiger partial charge < -0.3 is 9.80 Å². The third-order valence-corrected chi connectivity index (χ3v) is 2.87. The van der Waals surface area contributed by atoms with Crippen LogP contribution in [0.1, 0.15) is 10.4 Å². The second-order valence-corrected chi connectivity index (χ2v) is 4.08. The smallest absolute Gasteiger partial charge is 0.189 e. The highest BCUT2D eigenvalue weighted by atomic mass is 16.1. The molecule has 1 aromatic carbocycles. The Balaban J connectivity index is 2.21. The number of likely N-dealkylation sites (N-methyl/N-ethyl adjacent to an activating group) is 2. The van der Waals surface area contributed by atoms with Crippen molar-refractivity contribution < 1.29 is 4.79 Å². The number of nitrogens with zero attached hydrogens (tertiary/aromatic N) is 2. The number of allylic oxidation sites excluding steroid dienone is 1. The predicted octanol–water partition coefficient (Wildman–Crippen LogP) is 1.59. The zero-order chi connectivity index (χ0) is 11.5. The van der Waals surface area contributed by atoms with Crippen molar-refractivity contribution in [1.29, 1.82) is 0 Å². The Bertz CT molecular complexity index is 399. The van der Waals surface area contributed by atoms with E-state index in [0.29, 0.717) is 0 Å². The van der Waals surface area contributed by atoms with E-state index in [0.717, 1.165) is 24.5 Å². The Morgan fingerprint density at radius 1 is 1.12 bits per heavy atom. The van der Waals surface area contributed by atoms with Gasteiger partial charge >= 0.3 is 0 Å². The second-order valence-electron chi connectivity index (χ2n) is 4.08. The molecule has 1 heterocycles. The molecule has 1 saturated heterocycles. The molecular weight excluding hydrogens is 200 g/mol. The van der Waals surface area contributed by atoms with Crippen LogP contribution in [0.25, 0.3) is 0 Å². The van der Waals surface area contributed by atoms with E-state index in [2.05, 4.69) is 9.80 Å². The topological polar surface area (TPSA) is 23.6 Å². The van der Waals surface area contributed by atoms with Crippen molar-refractivity contribution in [3.05, 3.63) is 47.8 Å². The minimum absolute atomic E-state index is 0.0659. The molecule has 2 rings (SSSR count). The van der Waals surface area contributed by atoms with Gasteiger partial charge in [0.05, 0.1) is 0 Å². The summed E-state index contributed by atoms with van der Waals surface area (Å²) in [6.07, 6.45) is 1.71. The number of benzene rings is 1. The van der Waals surface area contributed by atoms with E-state index in [1.54, 1.807) is 6.08 Å². The molecule has 1 aliphatic rings. The molecule has 84 valence electrons. The van der Waals surface area contributed by atoms with E-state index < -0.39 is 0 Å². The lowest BCUT2D eigenvalue weighted by atomic mass is 10.1. The highest BCUT2D eigenvalue weighted by Gasteiger charge is 2.19. The fourth-order valence-corrected chi connectivity index (χ4v) is 1.84. The molecule has 0 aromatic heterocycles. The number of carbonyl (C=O) groups is 1. The van der Waals surface area contributed by atoms with E-state index in [1.807, 2.05) is 44.4 Å². The molecule has 0 saturated carbocycles. The zero-order valence-corrected chi connectivity index (χ0v) is 9.68. The molecule has 1 aromatic rings. The number of hydrogen-bond acceptors (Lipinski definition) is 3. The maximum atomic E-state index is 12.0. The van der Waals surface area contributed by atoms with Crippen LogP contribution in [-0.4, -0.2) is 42.8 Å². The van der Waals surface area contributed by atoms with Crippen LogP contribution < -0.4 is 0 Å². The van der Waals surface area contributed by atoms with Crippen LogP contribution in [0.5, 0.6) is 0 Å². The van der Waals surface area contributed by atoms with Gasteiger partial charge in [-0.15, -0.1) is 0 Å². The van der Waals surface area contributed by atoms with Crippen LogP contribution in [0.2, 0.25) is 0 Å². The summed E-state index contributed by atoms with van der Waals surface area (Å²) >= 11 is 0. The predicted molar refractivity (Wildman–Crippen MR) is 64.1 cm³/mol. The van der Waals surface area contributed by atoms with E-state index >= 15 is 0 Å². The van der Waals surface area contributed by atoms with Gasteiger partial charge in [0.25, 0.3) is 0 Å². The van der Waals surface area contributed by atoms with Crippen LogP contribution in [0.15, 0.2) is 42.2 Å². The minimum atomic E-state index is 0.0659. The van der Waals surface area contributed by atoms with Gasteiger partial charge in [0.2, 0.25) is 0 Å². The number of ketones is 1. The Morgan fingerprint density at radius 3 is 2.25 bits per heavy atom. The lowest BCUT2D eigenvalue weighted by Crippen LogP contribution is -2.17. The molecule has 3 nitrogen and oxygen atoms in total. The molecule has 0 aliphatic carbocycles. The number of rotatable bonds is 2. The van der Waals surface area contributed by atoms with Crippen LogP contribution >= 0.6 is 0 Å². The SMILES string of the molecule is CN1CCN(C)C1=CC(=O)c1ccccc1. The van der Waals surface area contributed by atoms with Gasteiger partial charge in [0.15, 0.2) is 5.78 Å². The molecule has 0 radical (unpaired) electrons. The van der Waals surface area contributed by atoms with E-state index in [4.69, 9.17) is 0 Å². The zero-order valence-electron chi connectivity index (χ0n) is 9.68. The highest BCUT2D eigenvalue weighted by molar-refractivity contribution is 6.04. The molecule has 0 spiro atoms. The Hall–Kier alpha value is -1.77. The molecule has 0 atom stereocenters. The van der Waals surface area contributed by atoms with Gasteiger partial charge in [-0.25, -0.2) is 0 Å². The molecule has 0 N–H and O–H groups in total. The molecule has 0 amide bonds. The first-order valence-corrected chi connectivity index (χ1v) is 5.42. The van der Waals surface area contributed by atoms with Crippen LogP contribution in [-0.2, 0) is 0 Å². The molecule has 0 bridgehead atoms. The van der Waals surface area contributed by atoms with Gasteiger partial charge in [-0.05, 0) is 0 Å². The van der Waals surface area contributed by atoms with Crippen molar-refractivity contribution >= 4 is 5.78 Å². The summed E-state index contributed by atoms with van der Waals surface area (Å²) in [5.74, 6) is 1.06. The van der Waals surface area contributed by atoms with Gasteiger partial charge in [-0.2, -0.15) is 0 Å². The monoisotopic (exact) mass is 216 g/mol. The third kappa shape index (κ3) is 2.08. The molecule has 0 unspecified atom stereocenters.